The van der Waals surface area contributed by atoms with Gasteiger partial charge in [-0.3, -0.25) is 4.79 Å². The number of carbonyl (C=O) groups is 1. The smallest absolute Gasteiger partial charge is 0.257 e. The number of rotatable bonds is 2. The van der Waals surface area contributed by atoms with Crippen LogP contribution in [0.4, 0.5) is 0 Å². The Morgan fingerprint density at radius 2 is 2.00 bits per heavy atom. The third-order valence-corrected chi connectivity index (χ3v) is 4.38. The number of ether oxygens (including phenoxy) is 1. The molecule has 0 aliphatic carbocycles. The quantitative estimate of drug-likeness (QED) is 0.904. The van der Waals surface area contributed by atoms with Crippen LogP contribution < -0.4 is 4.74 Å². The van der Waals surface area contributed by atoms with E-state index in [0.29, 0.717) is 34.9 Å². The Balaban J connectivity index is 2.24. The zero-order chi connectivity index (χ0) is 14.0. The van der Waals surface area contributed by atoms with Gasteiger partial charge in [0.05, 0.1) is 12.7 Å². The van der Waals surface area contributed by atoms with E-state index in [1.54, 1.807) is 23.1 Å². The van der Waals surface area contributed by atoms with Crippen molar-refractivity contribution in [3.8, 4) is 11.5 Å². The fourth-order valence-electron chi connectivity index (χ4n) is 2.37. The molecule has 1 aliphatic rings. The van der Waals surface area contributed by atoms with E-state index in [1.807, 2.05) is 11.8 Å². The number of carbonyl (C=O) groups excluding carboxylic acids is 1. The fraction of sp³-hybridized carbons (Fsp3) is 0.500. The number of hydrogen-bond donors (Lipinski definition) is 1. The summed E-state index contributed by atoms with van der Waals surface area (Å²) >= 11 is 1.89. The highest BCUT2D eigenvalue weighted by atomic mass is 32.2. The molecule has 1 aliphatic heterocycles. The first-order valence-electron chi connectivity index (χ1n) is 6.33. The average molecular weight is 281 g/mol. The number of aromatic hydroxyl groups is 1. The maximum atomic E-state index is 12.5. The second-order valence-corrected chi connectivity index (χ2v) is 6.71. The van der Waals surface area contributed by atoms with Crippen molar-refractivity contribution in [3.05, 3.63) is 23.8 Å². The number of amides is 1. The molecule has 2 atom stereocenters. The minimum Gasteiger partial charge on any atom is -0.504 e. The maximum absolute atomic E-state index is 12.5. The molecule has 2 rings (SSSR count). The predicted molar refractivity (Wildman–Crippen MR) is 77.1 cm³/mol. The monoisotopic (exact) mass is 281 g/mol. The van der Waals surface area contributed by atoms with Crippen molar-refractivity contribution in [3.63, 3.8) is 0 Å². The summed E-state index contributed by atoms with van der Waals surface area (Å²) in [6, 6.07) is 5.00. The van der Waals surface area contributed by atoms with Gasteiger partial charge in [-0.2, -0.15) is 11.8 Å². The average Bonchev–Trinajstić information content (AvgIpc) is 2.37. The zero-order valence-electron chi connectivity index (χ0n) is 11.4. The Hall–Kier alpha value is -1.36. The molecule has 1 aromatic rings. The highest BCUT2D eigenvalue weighted by Gasteiger charge is 2.28. The van der Waals surface area contributed by atoms with Crippen molar-refractivity contribution >= 4 is 17.7 Å². The van der Waals surface area contributed by atoms with Crippen molar-refractivity contribution in [2.24, 2.45) is 0 Å². The summed E-state index contributed by atoms with van der Waals surface area (Å²) in [5.74, 6) is 0.127. The van der Waals surface area contributed by atoms with Crippen LogP contribution in [0.25, 0.3) is 0 Å². The van der Waals surface area contributed by atoms with Crippen molar-refractivity contribution < 1.29 is 14.6 Å². The number of phenolic OH excluding ortho intramolecular Hbond substituents is 1. The van der Waals surface area contributed by atoms with Gasteiger partial charge in [0.15, 0.2) is 11.5 Å². The molecular formula is C14H19NO3S. The molecule has 0 aromatic heterocycles. The standard InChI is InChI=1S/C14H19NO3S/c1-9-7-15(8-10(2)19-9)14(17)11-5-4-6-12(18-3)13(11)16/h4-6,9-10,16H,7-8H2,1-3H3. The largest absolute Gasteiger partial charge is 0.504 e. The normalized spacial score (nSPS) is 23.2. The highest BCUT2D eigenvalue weighted by molar-refractivity contribution is 8.00. The van der Waals surface area contributed by atoms with Crippen LogP contribution >= 0.6 is 11.8 Å². The van der Waals surface area contributed by atoms with E-state index >= 15 is 0 Å². The molecule has 0 spiro atoms. The van der Waals surface area contributed by atoms with Gasteiger partial charge in [0.25, 0.3) is 5.91 Å². The van der Waals surface area contributed by atoms with Crippen LogP contribution in [0.15, 0.2) is 18.2 Å². The van der Waals surface area contributed by atoms with Gasteiger partial charge in [0.2, 0.25) is 0 Å². The molecule has 1 fully saturated rings. The number of benzene rings is 1. The van der Waals surface area contributed by atoms with Gasteiger partial charge in [-0.15, -0.1) is 0 Å². The first-order valence-corrected chi connectivity index (χ1v) is 7.28. The molecule has 4 nitrogen and oxygen atoms in total. The molecule has 1 aromatic carbocycles. The van der Waals surface area contributed by atoms with Crippen LogP contribution in [0.1, 0.15) is 24.2 Å². The summed E-state index contributed by atoms with van der Waals surface area (Å²) < 4.78 is 5.04. The molecule has 1 saturated heterocycles. The molecular weight excluding hydrogens is 262 g/mol. The van der Waals surface area contributed by atoms with Crippen molar-refractivity contribution in [2.45, 2.75) is 24.3 Å². The van der Waals surface area contributed by atoms with E-state index in [9.17, 15) is 9.90 Å². The van der Waals surface area contributed by atoms with Crippen LogP contribution in [0, 0.1) is 0 Å². The van der Waals surface area contributed by atoms with Gasteiger partial charge in [-0.1, -0.05) is 19.9 Å². The summed E-state index contributed by atoms with van der Waals surface area (Å²) in [6.07, 6.45) is 0. The van der Waals surface area contributed by atoms with E-state index in [0.717, 1.165) is 0 Å². The summed E-state index contributed by atoms with van der Waals surface area (Å²) in [5.41, 5.74) is 0.311. The SMILES string of the molecule is COc1cccc(C(=O)N2CC(C)SC(C)C2)c1O. The van der Waals surface area contributed by atoms with Gasteiger partial charge in [-0.05, 0) is 12.1 Å². The maximum Gasteiger partial charge on any atom is 0.257 e. The Morgan fingerprint density at radius 3 is 2.58 bits per heavy atom. The van der Waals surface area contributed by atoms with Gasteiger partial charge in [0, 0.05) is 23.6 Å². The molecule has 1 heterocycles. The zero-order valence-corrected chi connectivity index (χ0v) is 12.2. The van der Waals surface area contributed by atoms with Crippen molar-refractivity contribution in [1.29, 1.82) is 0 Å². The molecule has 104 valence electrons. The summed E-state index contributed by atoms with van der Waals surface area (Å²) in [6.45, 7) is 5.66. The second-order valence-electron chi connectivity index (χ2n) is 4.82. The first-order chi connectivity index (χ1) is 9.02. The Labute approximate surface area is 117 Å². The lowest BCUT2D eigenvalue weighted by Gasteiger charge is -2.34. The molecule has 2 unspecified atom stereocenters. The van der Waals surface area contributed by atoms with Crippen molar-refractivity contribution in [1.82, 2.24) is 4.90 Å². The minimum absolute atomic E-state index is 0.0754. The topological polar surface area (TPSA) is 49.8 Å². The van der Waals surface area contributed by atoms with Gasteiger partial charge < -0.3 is 14.7 Å². The van der Waals surface area contributed by atoms with Crippen LogP contribution in [0.5, 0.6) is 11.5 Å². The summed E-state index contributed by atoms with van der Waals surface area (Å²) in [5, 5.41) is 10.9. The van der Waals surface area contributed by atoms with E-state index in [2.05, 4.69) is 13.8 Å². The number of para-hydroxylation sites is 1. The predicted octanol–water partition coefficient (Wildman–Crippen LogP) is 2.37. The Kier molecular flexibility index (Phi) is 4.24. The number of methoxy groups -OCH3 is 1. The Morgan fingerprint density at radius 1 is 1.37 bits per heavy atom. The Bertz CT molecular complexity index is 468. The van der Waals surface area contributed by atoms with Crippen LogP contribution in [-0.4, -0.2) is 46.6 Å². The number of hydrogen-bond acceptors (Lipinski definition) is 4. The first kappa shape index (κ1) is 14.1. The summed E-state index contributed by atoms with van der Waals surface area (Å²) in [7, 11) is 1.48. The lowest BCUT2D eigenvalue weighted by atomic mass is 10.1. The molecule has 1 amide bonds. The number of phenols is 1. The molecule has 0 saturated carbocycles. The molecule has 1 N–H and O–H groups in total. The third-order valence-electron chi connectivity index (χ3n) is 3.16. The number of thioether (sulfide) groups is 1. The van der Waals surface area contributed by atoms with E-state index < -0.39 is 0 Å². The number of nitrogens with zero attached hydrogens (tertiary/aromatic N) is 1. The van der Waals surface area contributed by atoms with E-state index in [1.165, 1.54) is 7.11 Å². The molecule has 5 heteroatoms. The highest BCUT2D eigenvalue weighted by Crippen LogP contribution is 2.32. The fourth-order valence-corrected chi connectivity index (χ4v) is 3.70. The van der Waals surface area contributed by atoms with E-state index in [4.69, 9.17) is 4.74 Å². The van der Waals surface area contributed by atoms with E-state index in [-0.39, 0.29) is 11.7 Å². The van der Waals surface area contributed by atoms with Gasteiger partial charge >= 0.3 is 0 Å². The van der Waals surface area contributed by atoms with Crippen LogP contribution in [0.3, 0.4) is 0 Å². The van der Waals surface area contributed by atoms with Crippen LogP contribution in [0.2, 0.25) is 0 Å². The molecule has 0 bridgehead atoms. The van der Waals surface area contributed by atoms with Gasteiger partial charge in [0.1, 0.15) is 0 Å². The second kappa shape index (κ2) is 5.74. The lowest BCUT2D eigenvalue weighted by Crippen LogP contribution is -2.44. The van der Waals surface area contributed by atoms with Crippen LogP contribution in [-0.2, 0) is 0 Å². The lowest BCUT2D eigenvalue weighted by molar-refractivity contribution is 0.0749. The molecule has 19 heavy (non-hydrogen) atoms. The molecule has 0 radical (unpaired) electrons. The minimum atomic E-state index is -0.129. The van der Waals surface area contributed by atoms with Gasteiger partial charge in [-0.25, -0.2) is 0 Å². The third kappa shape index (κ3) is 2.97. The summed E-state index contributed by atoms with van der Waals surface area (Å²) in [4.78, 5) is 14.3. The van der Waals surface area contributed by atoms with Crippen molar-refractivity contribution in [2.75, 3.05) is 20.2 Å².